The van der Waals surface area contributed by atoms with E-state index >= 15 is 0 Å². The van der Waals surface area contributed by atoms with Gasteiger partial charge in [0.15, 0.2) is 23.2 Å². The SMILES string of the molecule is Nc1ncnc2c1nc(N/N=C\c1cccc(O)c1)n2[C@H]1O[C@@H](CO)[C@H](O)[C@@H]1O. The molecule has 2 aromatic heterocycles. The average molecular weight is 401 g/mol. The molecule has 152 valence electrons. The van der Waals surface area contributed by atoms with Gasteiger partial charge in [-0.25, -0.2) is 20.4 Å². The van der Waals surface area contributed by atoms with Crippen molar-refractivity contribution < 1.29 is 25.2 Å². The van der Waals surface area contributed by atoms with Crippen molar-refractivity contribution in [3.05, 3.63) is 36.2 Å². The number of imidazole rings is 1. The van der Waals surface area contributed by atoms with Crippen LogP contribution >= 0.6 is 0 Å². The lowest BCUT2D eigenvalue weighted by molar-refractivity contribution is -0.0501. The standard InChI is InChI=1S/C17H19N7O5/c18-14-11-15(20-7-19-14)24(16-13(28)12(27)10(6-25)29-16)17(22-11)23-21-5-8-2-1-3-9(26)4-8/h1-5,7,10,12-13,16,25-28H,6H2,(H,22,23)(H2,18,19,20)/b21-5-/t10-,12-,13-,16-/m0/s1. The first-order valence-corrected chi connectivity index (χ1v) is 8.68. The van der Waals surface area contributed by atoms with E-state index in [0.717, 1.165) is 0 Å². The van der Waals surface area contributed by atoms with Gasteiger partial charge in [-0.3, -0.25) is 4.57 Å². The summed E-state index contributed by atoms with van der Waals surface area (Å²) in [7, 11) is 0. The summed E-state index contributed by atoms with van der Waals surface area (Å²) in [5.74, 6) is 0.328. The van der Waals surface area contributed by atoms with E-state index in [4.69, 9.17) is 10.5 Å². The van der Waals surface area contributed by atoms with Crippen LogP contribution in [0.5, 0.6) is 5.75 Å². The molecule has 1 aliphatic heterocycles. The van der Waals surface area contributed by atoms with Crippen molar-refractivity contribution in [2.24, 2.45) is 5.10 Å². The number of aliphatic hydroxyl groups is 3. The van der Waals surface area contributed by atoms with E-state index < -0.39 is 31.1 Å². The largest absolute Gasteiger partial charge is 0.508 e. The van der Waals surface area contributed by atoms with Gasteiger partial charge in [0.2, 0.25) is 5.95 Å². The summed E-state index contributed by atoms with van der Waals surface area (Å²) in [6, 6.07) is 6.46. The third-order valence-electron chi connectivity index (χ3n) is 4.53. The third-order valence-corrected chi connectivity index (χ3v) is 4.53. The molecule has 1 aliphatic rings. The number of benzene rings is 1. The van der Waals surface area contributed by atoms with E-state index in [9.17, 15) is 20.4 Å². The Labute approximate surface area is 163 Å². The smallest absolute Gasteiger partial charge is 0.228 e. The van der Waals surface area contributed by atoms with Gasteiger partial charge in [-0.1, -0.05) is 12.1 Å². The van der Waals surface area contributed by atoms with Crippen LogP contribution in [-0.4, -0.2) is 71.1 Å². The zero-order chi connectivity index (χ0) is 20.5. The predicted molar refractivity (Wildman–Crippen MR) is 102 cm³/mol. The number of hydrogen-bond donors (Lipinski definition) is 6. The Hall–Kier alpha value is -3.32. The first kappa shape index (κ1) is 19.0. The van der Waals surface area contributed by atoms with E-state index in [1.807, 2.05) is 0 Å². The number of hydrogen-bond acceptors (Lipinski definition) is 11. The number of nitrogens with two attached hydrogens (primary N) is 1. The molecule has 1 saturated heterocycles. The highest BCUT2D eigenvalue weighted by Crippen LogP contribution is 2.35. The van der Waals surface area contributed by atoms with Crippen LogP contribution in [-0.2, 0) is 4.74 Å². The number of hydrazone groups is 1. The van der Waals surface area contributed by atoms with Gasteiger partial charge in [-0.2, -0.15) is 5.10 Å². The predicted octanol–water partition coefficient (Wildman–Crippen LogP) is -0.828. The molecule has 3 heterocycles. The number of fused-ring (bicyclic) bond motifs is 1. The molecule has 4 rings (SSSR count). The number of rotatable bonds is 5. The average Bonchev–Trinajstić information content (AvgIpc) is 3.20. The fraction of sp³-hybridized carbons (Fsp3) is 0.294. The molecule has 29 heavy (non-hydrogen) atoms. The van der Waals surface area contributed by atoms with Gasteiger partial charge >= 0.3 is 0 Å². The molecule has 1 fully saturated rings. The van der Waals surface area contributed by atoms with Crippen LogP contribution in [0.15, 0.2) is 35.7 Å². The Morgan fingerprint density at radius 3 is 2.83 bits per heavy atom. The van der Waals surface area contributed by atoms with Crippen molar-refractivity contribution in [1.29, 1.82) is 0 Å². The summed E-state index contributed by atoms with van der Waals surface area (Å²) in [5.41, 5.74) is 9.73. The number of nitrogens with one attached hydrogen (secondary N) is 1. The molecule has 0 radical (unpaired) electrons. The van der Waals surface area contributed by atoms with E-state index in [2.05, 4.69) is 25.5 Å². The molecule has 0 saturated carbocycles. The summed E-state index contributed by atoms with van der Waals surface area (Å²) < 4.78 is 6.98. The molecule has 4 atom stereocenters. The lowest BCUT2D eigenvalue weighted by Crippen LogP contribution is -2.33. The molecular weight excluding hydrogens is 382 g/mol. The maximum atomic E-state index is 10.4. The highest BCUT2D eigenvalue weighted by Gasteiger charge is 2.45. The van der Waals surface area contributed by atoms with Crippen LogP contribution in [0.25, 0.3) is 11.2 Å². The van der Waals surface area contributed by atoms with E-state index in [1.165, 1.54) is 29.2 Å². The highest BCUT2D eigenvalue weighted by atomic mass is 16.6. The Morgan fingerprint density at radius 2 is 2.10 bits per heavy atom. The number of nitrogens with zero attached hydrogens (tertiary/aromatic N) is 5. The Bertz CT molecular complexity index is 1060. The van der Waals surface area contributed by atoms with E-state index in [-0.39, 0.29) is 28.7 Å². The molecule has 12 heteroatoms. The zero-order valence-corrected chi connectivity index (χ0v) is 15.0. The first-order chi connectivity index (χ1) is 14.0. The fourth-order valence-corrected chi connectivity index (χ4v) is 3.11. The maximum absolute atomic E-state index is 10.4. The van der Waals surface area contributed by atoms with Crippen LogP contribution in [0.4, 0.5) is 11.8 Å². The number of nitrogen functional groups attached to an aromatic ring is 1. The van der Waals surface area contributed by atoms with Gasteiger partial charge in [-0.05, 0) is 17.7 Å². The summed E-state index contributed by atoms with van der Waals surface area (Å²) in [5, 5.41) is 43.5. The molecule has 0 unspecified atom stereocenters. The second-order valence-corrected chi connectivity index (χ2v) is 6.43. The minimum absolute atomic E-state index is 0.0933. The molecule has 0 spiro atoms. The summed E-state index contributed by atoms with van der Waals surface area (Å²) in [4.78, 5) is 12.4. The Kier molecular flexibility index (Phi) is 4.98. The number of aliphatic hydroxyl groups excluding tert-OH is 3. The molecule has 1 aromatic carbocycles. The molecule has 0 aliphatic carbocycles. The lowest BCUT2D eigenvalue weighted by Gasteiger charge is -2.18. The van der Waals surface area contributed by atoms with Crippen molar-refractivity contribution in [2.45, 2.75) is 24.5 Å². The maximum Gasteiger partial charge on any atom is 0.228 e. The van der Waals surface area contributed by atoms with Crippen molar-refractivity contribution in [3.63, 3.8) is 0 Å². The van der Waals surface area contributed by atoms with Crippen molar-refractivity contribution in [2.75, 3.05) is 17.8 Å². The molecule has 0 bridgehead atoms. The monoisotopic (exact) mass is 401 g/mol. The first-order valence-electron chi connectivity index (χ1n) is 8.68. The summed E-state index contributed by atoms with van der Waals surface area (Å²) >= 11 is 0. The minimum Gasteiger partial charge on any atom is -0.508 e. The van der Waals surface area contributed by atoms with E-state index in [1.54, 1.807) is 12.1 Å². The number of ether oxygens (including phenoxy) is 1. The zero-order valence-electron chi connectivity index (χ0n) is 15.0. The van der Waals surface area contributed by atoms with Crippen molar-refractivity contribution in [1.82, 2.24) is 19.5 Å². The summed E-state index contributed by atoms with van der Waals surface area (Å²) in [6.07, 6.45) is -2.04. The summed E-state index contributed by atoms with van der Waals surface area (Å²) in [6.45, 7) is -0.475. The van der Waals surface area contributed by atoms with Crippen LogP contribution in [0.2, 0.25) is 0 Å². The van der Waals surface area contributed by atoms with Gasteiger partial charge < -0.3 is 30.9 Å². The van der Waals surface area contributed by atoms with E-state index in [0.29, 0.717) is 5.56 Å². The Balaban J connectivity index is 1.72. The van der Waals surface area contributed by atoms with Crippen molar-refractivity contribution in [3.8, 4) is 5.75 Å². The number of phenolic OH excluding ortho intramolecular Hbond substituents is 1. The number of phenols is 1. The van der Waals surface area contributed by atoms with Gasteiger partial charge in [0.25, 0.3) is 0 Å². The Morgan fingerprint density at radius 1 is 1.28 bits per heavy atom. The third kappa shape index (κ3) is 3.45. The van der Waals surface area contributed by atoms with Crippen LogP contribution < -0.4 is 11.2 Å². The van der Waals surface area contributed by atoms with Crippen LogP contribution in [0.1, 0.15) is 11.8 Å². The highest BCUT2D eigenvalue weighted by molar-refractivity contribution is 5.84. The second kappa shape index (κ2) is 7.60. The number of anilines is 2. The van der Waals surface area contributed by atoms with Gasteiger partial charge in [-0.15, -0.1) is 0 Å². The minimum atomic E-state index is -1.35. The lowest BCUT2D eigenvalue weighted by atomic mass is 10.1. The normalized spacial score (nSPS) is 24.5. The van der Waals surface area contributed by atoms with Crippen LogP contribution in [0.3, 0.4) is 0 Å². The quantitative estimate of drug-likeness (QED) is 0.233. The molecular formula is C17H19N7O5. The van der Waals surface area contributed by atoms with Crippen molar-refractivity contribution >= 4 is 29.1 Å². The fourth-order valence-electron chi connectivity index (χ4n) is 3.11. The van der Waals surface area contributed by atoms with Gasteiger partial charge in [0.1, 0.15) is 30.4 Å². The topological polar surface area (TPSA) is 184 Å². The molecule has 0 amide bonds. The number of aromatic nitrogens is 4. The second-order valence-electron chi connectivity index (χ2n) is 6.43. The van der Waals surface area contributed by atoms with Gasteiger partial charge in [0.05, 0.1) is 12.8 Å². The van der Waals surface area contributed by atoms with Crippen LogP contribution in [0, 0.1) is 0 Å². The molecule has 12 nitrogen and oxygen atoms in total. The van der Waals surface area contributed by atoms with Gasteiger partial charge in [0, 0.05) is 0 Å². The molecule has 3 aromatic rings. The number of aromatic hydroxyl groups is 1. The molecule has 7 N–H and O–H groups in total.